The van der Waals surface area contributed by atoms with Crippen molar-refractivity contribution in [3.8, 4) is 11.8 Å². The Kier molecular flexibility index (Phi) is 5.31. The van der Waals surface area contributed by atoms with Crippen molar-refractivity contribution in [1.29, 1.82) is 5.26 Å². The number of alkyl halides is 3. The van der Waals surface area contributed by atoms with Gasteiger partial charge in [0.25, 0.3) is 0 Å². The summed E-state index contributed by atoms with van der Waals surface area (Å²) in [5, 5.41) is 8.86. The van der Waals surface area contributed by atoms with Gasteiger partial charge in [-0.25, -0.2) is 4.98 Å². The molecule has 0 fully saturated rings. The Balaban J connectivity index is 1.74. The van der Waals surface area contributed by atoms with Crippen LogP contribution in [0.4, 0.5) is 13.2 Å². The molecule has 6 nitrogen and oxygen atoms in total. The van der Waals surface area contributed by atoms with E-state index in [-0.39, 0.29) is 17.9 Å². The molecule has 0 radical (unpaired) electrons. The number of benzene rings is 1. The number of amides is 1. The molecule has 0 spiro atoms. The minimum atomic E-state index is -4.48. The van der Waals surface area contributed by atoms with Gasteiger partial charge in [-0.3, -0.25) is 20.2 Å². The molecule has 0 bridgehead atoms. The predicted octanol–water partition coefficient (Wildman–Crippen LogP) is 3.31. The van der Waals surface area contributed by atoms with Gasteiger partial charge in [0.15, 0.2) is 0 Å². The lowest BCUT2D eigenvalue weighted by Gasteiger charge is -2.12. The van der Waals surface area contributed by atoms with E-state index < -0.39 is 17.7 Å². The zero-order chi connectivity index (χ0) is 20.1. The van der Waals surface area contributed by atoms with E-state index in [0.29, 0.717) is 11.3 Å². The van der Waals surface area contributed by atoms with Crippen LogP contribution in [0.15, 0.2) is 72.2 Å². The summed E-state index contributed by atoms with van der Waals surface area (Å²) in [5.74, 6) is -0.604. The Morgan fingerprint density at radius 2 is 2.00 bits per heavy atom. The normalized spacial score (nSPS) is 13.8. The molecule has 142 valence electrons. The summed E-state index contributed by atoms with van der Waals surface area (Å²) >= 11 is 0. The van der Waals surface area contributed by atoms with E-state index >= 15 is 0 Å². The molecule has 1 aromatic carbocycles. The first-order valence-corrected chi connectivity index (χ1v) is 8.14. The summed E-state index contributed by atoms with van der Waals surface area (Å²) in [4.78, 5) is 16.4. The fourth-order valence-corrected chi connectivity index (χ4v) is 2.50. The highest BCUT2D eigenvalue weighted by Gasteiger charge is 2.32. The van der Waals surface area contributed by atoms with E-state index in [4.69, 9.17) is 5.26 Å². The summed E-state index contributed by atoms with van der Waals surface area (Å²) < 4.78 is 40.3. The van der Waals surface area contributed by atoms with E-state index in [1.54, 1.807) is 36.5 Å². The number of carbonyl (C=O) groups is 1. The fourth-order valence-electron chi connectivity index (χ4n) is 2.50. The Bertz CT molecular complexity index is 1010. The highest BCUT2D eigenvalue weighted by molar-refractivity contribution is 5.91. The Morgan fingerprint density at radius 1 is 1.25 bits per heavy atom. The molecular weight excluding hydrogens is 371 g/mol. The van der Waals surface area contributed by atoms with Crippen LogP contribution in [0.2, 0.25) is 0 Å². The van der Waals surface area contributed by atoms with Crippen molar-refractivity contribution in [2.45, 2.75) is 12.6 Å². The van der Waals surface area contributed by atoms with Gasteiger partial charge in [-0.2, -0.15) is 18.4 Å². The number of carbonyl (C=O) groups excluding carboxylic acids is 1. The van der Waals surface area contributed by atoms with Crippen LogP contribution in [-0.2, 0) is 0 Å². The number of imidazole rings is 1. The van der Waals surface area contributed by atoms with Gasteiger partial charge >= 0.3 is 12.1 Å². The molecular formula is C19H14F3N5O. The third kappa shape index (κ3) is 4.29. The first-order chi connectivity index (χ1) is 13.4. The summed E-state index contributed by atoms with van der Waals surface area (Å²) in [6.45, 7) is 0. The third-order valence-corrected chi connectivity index (χ3v) is 3.85. The molecule has 0 atom stereocenters. The summed E-state index contributed by atoms with van der Waals surface area (Å²) in [7, 11) is 0. The number of hydrogen-bond acceptors (Lipinski definition) is 4. The largest absolute Gasteiger partial charge is 0.416 e. The van der Waals surface area contributed by atoms with Gasteiger partial charge < -0.3 is 0 Å². The molecule has 3 rings (SSSR count). The van der Waals surface area contributed by atoms with Crippen molar-refractivity contribution in [3.63, 3.8) is 0 Å². The Labute approximate surface area is 158 Å². The minimum Gasteiger partial charge on any atom is -0.298 e. The van der Waals surface area contributed by atoms with Gasteiger partial charge in [-0.1, -0.05) is 12.2 Å². The van der Waals surface area contributed by atoms with E-state index in [1.165, 1.54) is 16.8 Å². The number of allylic oxidation sites excluding steroid dienone is 5. The van der Waals surface area contributed by atoms with Crippen LogP contribution in [-0.4, -0.2) is 21.6 Å². The quantitative estimate of drug-likeness (QED) is 0.791. The standard InChI is InChI=1S/C19H14F3N5O/c20-19(21,22)14-3-1-2-4-15(11-14)25-26-18(28)17-24-9-10-27(17)16-7-5-13(12-23)6-8-16/h2-11,25H,1H2,(H,26,28). The zero-order valence-corrected chi connectivity index (χ0v) is 14.4. The fraction of sp³-hybridized carbons (Fsp3) is 0.105. The second-order valence-electron chi connectivity index (χ2n) is 5.75. The maximum Gasteiger partial charge on any atom is 0.416 e. The average Bonchev–Trinajstić information content (AvgIpc) is 3.03. The average molecular weight is 385 g/mol. The number of hydrogen-bond donors (Lipinski definition) is 2. The first kappa shape index (κ1) is 19.0. The van der Waals surface area contributed by atoms with E-state index in [2.05, 4.69) is 15.8 Å². The van der Waals surface area contributed by atoms with Crippen LogP contribution in [0.5, 0.6) is 0 Å². The number of hydrazine groups is 1. The molecule has 9 heteroatoms. The number of nitrogens with one attached hydrogen (secondary N) is 2. The molecule has 0 saturated carbocycles. The summed E-state index contributed by atoms with van der Waals surface area (Å²) in [6.07, 6.45) is 3.60. The van der Waals surface area contributed by atoms with Crippen molar-refractivity contribution in [3.05, 3.63) is 83.6 Å². The molecule has 1 aromatic heterocycles. The second-order valence-corrected chi connectivity index (χ2v) is 5.75. The molecule has 1 aliphatic rings. The molecule has 0 aliphatic heterocycles. The lowest BCUT2D eigenvalue weighted by Crippen LogP contribution is -2.37. The monoisotopic (exact) mass is 385 g/mol. The number of aromatic nitrogens is 2. The molecule has 2 aromatic rings. The van der Waals surface area contributed by atoms with Gasteiger partial charge in [0.05, 0.1) is 22.9 Å². The molecule has 28 heavy (non-hydrogen) atoms. The molecule has 0 saturated heterocycles. The molecule has 0 unspecified atom stereocenters. The van der Waals surface area contributed by atoms with E-state index in [0.717, 1.165) is 12.2 Å². The van der Waals surface area contributed by atoms with Gasteiger partial charge in [0.1, 0.15) is 0 Å². The number of nitriles is 1. The van der Waals surface area contributed by atoms with Crippen LogP contribution < -0.4 is 10.9 Å². The molecule has 1 amide bonds. The second kappa shape index (κ2) is 7.84. The van der Waals surface area contributed by atoms with Crippen LogP contribution in [0.3, 0.4) is 0 Å². The van der Waals surface area contributed by atoms with Crippen molar-refractivity contribution < 1.29 is 18.0 Å². The SMILES string of the molecule is N#Cc1ccc(-n2ccnc2C(=O)NNC2=CC(C(F)(F)F)=CCC=C2)cc1. The molecule has 2 N–H and O–H groups in total. The van der Waals surface area contributed by atoms with Crippen LogP contribution in [0.25, 0.3) is 5.69 Å². The zero-order valence-electron chi connectivity index (χ0n) is 14.4. The smallest absolute Gasteiger partial charge is 0.298 e. The lowest BCUT2D eigenvalue weighted by atomic mass is 10.2. The minimum absolute atomic E-state index is 0.0296. The maximum atomic E-state index is 12.9. The highest BCUT2D eigenvalue weighted by atomic mass is 19.4. The third-order valence-electron chi connectivity index (χ3n) is 3.85. The van der Waals surface area contributed by atoms with Crippen LogP contribution in [0.1, 0.15) is 22.6 Å². The predicted molar refractivity (Wildman–Crippen MR) is 94.9 cm³/mol. The number of nitrogens with zero attached hydrogens (tertiary/aromatic N) is 3. The maximum absolute atomic E-state index is 12.9. The first-order valence-electron chi connectivity index (χ1n) is 8.14. The Hall–Kier alpha value is -3.80. The Morgan fingerprint density at radius 3 is 2.68 bits per heavy atom. The van der Waals surface area contributed by atoms with Crippen molar-refractivity contribution in [2.24, 2.45) is 0 Å². The van der Waals surface area contributed by atoms with Gasteiger partial charge in [0, 0.05) is 18.1 Å². The number of halogens is 3. The summed E-state index contributed by atoms with van der Waals surface area (Å²) in [6, 6.07) is 8.51. The summed E-state index contributed by atoms with van der Waals surface area (Å²) in [5.41, 5.74) is 5.20. The van der Waals surface area contributed by atoms with Crippen LogP contribution >= 0.6 is 0 Å². The van der Waals surface area contributed by atoms with Gasteiger partial charge in [0.2, 0.25) is 5.82 Å². The topological polar surface area (TPSA) is 82.7 Å². The molecule has 1 aliphatic carbocycles. The van der Waals surface area contributed by atoms with Crippen LogP contribution in [0, 0.1) is 11.3 Å². The van der Waals surface area contributed by atoms with E-state index in [9.17, 15) is 18.0 Å². The van der Waals surface area contributed by atoms with Gasteiger partial charge in [-0.15, -0.1) is 0 Å². The number of rotatable bonds is 4. The van der Waals surface area contributed by atoms with Crippen molar-refractivity contribution in [2.75, 3.05) is 0 Å². The van der Waals surface area contributed by atoms with Crippen molar-refractivity contribution >= 4 is 5.91 Å². The highest BCUT2D eigenvalue weighted by Crippen LogP contribution is 2.28. The lowest BCUT2D eigenvalue weighted by molar-refractivity contribution is -0.0884. The molecule has 1 heterocycles. The van der Waals surface area contributed by atoms with Gasteiger partial charge in [-0.05, 0) is 42.8 Å². The van der Waals surface area contributed by atoms with E-state index in [1.807, 2.05) is 6.07 Å². The van der Waals surface area contributed by atoms with Crippen molar-refractivity contribution in [1.82, 2.24) is 20.4 Å².